The highest BCUT2D eigenvalue weighted by Crippen LogP contribution is 2.22. The number of anilines is 1. The van der Waals surface area contributed by atoms with Crippen molar-refractivity contribution >= 4 is 17.3 Å². The second-order valence-corrected chi connectivity index (χ2v) is 5.45. The Balaban J connectivity index is 2.54. The van der Waals surface area contributed by atoms with Gasteiger partial charge in [-0.2, -0.15) is 0 Å². The lowest BCUT2D eigenvalue weighted by atomic mass is 9.92. The maximum atomic E-state index is 5.97. The van der Waals surface area contributed by atoms with Crippen LogP contribution in [0.1, 0.15) is 32.8 Å². The van der Waals surface area contributed by atoms with Gasteiger partial charge in [0.15, 0.2) is 5.15 Å². The normalized spacial score (nSPS) is 11.5. The van der Waals surface area contributed by atoms with E-state index in [1.807, 2.05) is 13.0 Å². The Bertz CT molecular complexity index is 329. The molecule has 2 nitrogen and oxygen atoms in total. The molecule has 1 heterocycles. The molecule has 3 heteroatoms. The Labute approximate surface area is 97.1 Å². The van der Waals surface area contributed by atoms with Crippen LogP contribution in [-0.4, -0.2) is 11.5 Å². The van der Waals surface area contributed by atoms with E-state index in [9.17, 15) is 0 Å². The van der Waals surface area contributed by atoms with E-state index in [1.54, 1.807) is 6.20 Å². The average molecular weight is 227 g/mol. The van der Waals surface area contributed by atoms with Crippen molar-refractivity contribution in [1.29, 1.82) is 0 Å². The van der Waals surface area contributed by atoms with Gasteiger partial charge in [0.2, 0.25) is 0 Å². The SMILES string of the molecule is Cc1cnc(Cl)c(NCCC(C)(C)C)c1. The molecule has 0 aliphatic rings. The van der Waals surface area contributed by atoms with E-state index in [0.717, 1.165) is 24.2 Å². The quantitative estimate of drug-likeness (QED) is 0.791. The van der Waals surface area contributed by atoms with Crippen LogP contribution in [0.5, 0.6) is 0 Å². The minimum absolute atomic E-state index is 0.344. The van der Waals surface area contributed by atoms with Gasteiger partial charge in [0.25, 0.3) is 0 Å². The summed E-state index contributed by atoms with van der Waals surface area (Å²) >= 11 is 5.97. The highest BCUT2D eigenvalue weighted by molar-refractivity contribution is 6.31. The van der Waals surface area contributed by atoms with Gasteiger partial charge in [-0.15, -0.1) is 0 Å². The molecule has 0 saturated heterocycles. The fraction of sp³-hybridized carbons (Fsp3) is 0.583. The number of aromatic nitrogens is 1. The van der Waals surface area contributed by atoms with Gasteiger partial charge < -0.3 is 5.32 Å². The molecule has 15 heavy (non-hydrogen) atoms. The van der Waals surface area contributed by atoms with Crippen LogP contribution in [0.4, 0.5) is 5.69 Å². The number of halogens is 1. The second kappa shape index (κ2) is 4.84. The van der Waals surface area contributed by atoms with Crippen molar-refractivity contribution in [2.75, 3.05) is 11.9 Å². The summed E-state index contributed by atoms with van der Waals surface area (Å²) in [6, 6.07) is 2.03. The molecular formula is C12H19ClN2. The molecule has 84 valence electrons. The Kier molecular flexibility index (Phi) is 3.97. The van der Waals surface area contributed by atoms with Crippen molar-refractivity contribution in [1.82, 2.24) is 4.98 Å². The summed E-state index contributed by atoms with van der Waals surface area (Å²) in [4.78, 5) is 4.10. The summed E-state index contributed by atoms with van der Waals surface area (Å²) in [5, 5.41) is 3.87. The van der Waals surface area contributed by atoms with E-state index in [4.69, 9.17) is 11.6 Å². The number of hydrogen-bond acceptors (Lipinski definition) is 2. The van der Waals surface area contributed by atoms with E-state index >= 15 is 0 Å². The molecule has 0 aliphatic carbocycles. The summed E-state index contributed by atoms with van der Waals surface area (Å²) in [5.74, 6) is 0. The molecule has 0 unspecified atom stereocenters. The predicted octanol–water partition coefficient (Wildman–Crippen LogP) is 3.89. The van der Waals surface area contributed by atoms with Gasteiger partial charge in [-0.25, -0.2) is 4.98 Å². The van der Waals surface area contributed by atoms with Crippen LogP contribution < -0.4 is 5.32 Å². The maximum absolute atomic E-state index is 5.97. The highest BCUT2D eigenvalue weighted by atomic mass is 35.5. The van der Waals surface area contributed by atoms with Gasteiger partial charge in [0.1, 0.15) is 0 Å². The van der Waals surface area contributed by atoms with Crippen LogP contribution in [0.2, 0.25) is 5.15 Å². The highest BCUT2D eigenvalue weighted by Gasteiger charge is 2.09. The zero-order chi connectivity index (χ0) is 11.5. The molecule has 0 radical (unpaired) electrons. The molecule has 0 amide bonds. The van der Waals surface area contributed by atoms with Gasteiger partial charge in [0.05, 0.1) is 5.69 Å². The van der Waals surface area contributed by atoms with Gasteiger partial charge in [-0.05, 0) is 30.4 Å². The Hall–Kier alpha value is -0.760. The monoisotopic (exact) mass is 226 g/mol. The molecule has 0 aromatic carbocycles. The van der Waals surface area contributed by atoms with Crippen LogP contribution in [0, 0.1) is 12.3 Å². The molecule has 0 fully saturated rings. The van der Waals surface area contributed by atoms with Crippen LogP contribution in [-0.2, 0) is 0 Å². The molecule has 0 atom stereocenters. The first-order chi connectivity index (χ1) is 6.88. The third kappa shape index (κ3) is 4.52. The average Bonchev–Trinajstić information content (AvgIpc) is 2.09. The Morgan fingerprint density at radius 2 is 2.07 bits per heavy atom. The predicted molar refractivity (Wildman–Crippen MR) is 66.5 cm³/mol. The second-order valence-electron chi connectivity index (χ2n) is 5.09. The van der Waals surface area contributed by atoms with Crippen LogP contribution >= 0.6 is 11.6 Å². The smallest absolute Gasteiger partial charge is 0.152 e. The largest absolute Gasteiger partial charge is 0.383 e. The van der Waals surface area contributed by atoms with E-state index in [-0.39, 0.29) is 0 Å². The molecule has 1 N–H and O–H groups in total. The summed E-state index contributed by atoms with van der Waals surface area (Å²) in [5.41, 5.74) is 2.40. The number of rotatable bonds is 3. The van der Waals surface area contributed by atoms with Gasteiger partial charge in [-0.1, -0.05) is 32.4 Å². The summed E-state index contributed by atoms with van der Waals surface area (Å²) in [7, 11) is 0. The van der Waals surface area contributed by atoms with E-state index in [1.165, 1.54) is 0 Å². The van der Waals surface area contributed by atoms with Crippen molar-refractivity contribution in [3.8, 4) is 0 Å². The molecule has 0 spiro atoms. The number of aryl methyl sites for hydroxylation is 1. The summed E-state index contributed by atoms with van der Waals surface area (Å²) in [6.45, 7) is 9.62. The maximum Gasteiger partial charge on any atom is 0.152 e. The summed E-state index contributed by atoms with van der Waals surface area (Å²) < 4.78 is 0. The number of hydrogen-bond donors (Lipinski definition) is 1. The molecule has 0 aliphatic heterocycles. The Morgan fingerprint density at radius 1 is 1.40 bits per heavy atom. The van der Waals surface area contributed by atoms with Gasteiger partial charge >= 0.3 is 0 Å². The van der Waals surface area contributed by atoms with E-state index in [0.29, 0.717) is 10.6 Å². The molecular weight excluding hydrogens is 208 g/mol. The van der Waals surface area contributed by atoms with Crippen LogP contribution in [0.15, 0.2) is 12.3 Å². The minimum atomic E-state index is 0.344. The van der Waals surface area contributed by atoms with E-state index in [2.05, 4.69) is 31.1 Å². The first kappa shape index (κ1) is 12.3. The molecule has 0 bridgehead atoms. The lowest BCUT2D eigenvalue weighted by molar-refractivity contribution is 0.390. The zero-order valence-electron chi connectivity index (χ0n) is 9.89. The zero-order valence-corrected chi connectivity index (χ0v) is 10.7. The number of pyridine rings is 1. The van der Waals surface area contributed by atoms with Gasteiger partial charge in [0, 0.05) is 12.7 Å². The lowest BCUT2D eigenvalue weighted by Crippen LogP contribution is -2.13. The molecule has 1 aromatic rings. The standard InChI is InChI=1S/C12H19ClN2/c1-9-7-10(11(13)15-8-9)14-6-5-12(2,3)4/h7-8,14H,5-6H2,1-4H3. The molecule has 1 aromatic heterocycles. The number of nitrogens with zero attached hydrogens (tertiary/aromatic N) is 1. The molecule has 0 saturated carbocycles. The Morgan fingerprint density at radius 3 is 2.67 bits per heavy atom. The minimum Gasteiger partial charge on any atom is -0.383 e. The number of nitrogens with one attached hydrogen (secondary N) is 1. The molecule has 1 rings (SSSR count). The van der Waals surface area contributed by atoms with Gasteiger partial charge in [-0.3, -0.25) is 0 Å². The van der Waals surface area contributed by atoms with E-state index < -0.39 is 0 Å². The fourth-order valence-corrected chi connectivity index (χ4v) is 1.42. The fourth-order valence-electron chi connectivity index (χ4n) is 1.25. The van der Waals surface area contributed by atoms with Crippen LogP contribution in [0.25, 0.3) is 0 Å². The summed E-state index contributed by atoms with van der Waals surface area (Å²) in [6.07, 6.45) is 2.88. The lowest BCUT2D eigenvalue weighted by Gasteiger charge is -2.18. The topological polar surface area (TPSA) is 24.9 Å². The third-order valence-electron chi connectivity index (χ3n) is 2.17. The van der Waals surface area contributed by atoms with Crippen LogP contribution in [0.3, 0.4) is 0 Å². The first-order valence-electron chi connectivity index (χ1n) is 5.24. The third-order valence-corrected chi connectivity index (χ3v) is 2.47. The van der Waals surface area contributed by atoms with Crippen molar-refractivity contribution in [3.63, 3.8) is 0 Å². The van der Waals surface area contributed by atoms with Crippen molar-refractivity contribution in [3.05, 3.63) is 23.0 Å². The van der Waals surface area contributed by atoms with Crippen molar-refractivity contribution in [2.45, 2.75) is 34.1 Å². The first-order valence-corrected chi connectivity index (χ1v) is 5.62. The van der Waals surface area contributed by atoms with Crippen molar-refractivity contribution in [2.24, 2.45) is 5.41 Å². The van der Waals surface area contributed by atoms with Crippen molar-refractivity contribution < 1.29 is 0 Å².